The van der Waals surface area contributed by atoms with E-state index in [0.29, 0.717) is 12.5 Å². The van der Waals surface area contributed by atoms with Crippen molar-refractivity contribution >= 4 is 5.97 Å². The molecule has 1 heterocycles. The molecule has 84 valence electrons. The van der Waals surface area contributed by atoms with Crippen LogP contribution in [0.5, 0.6) is 0 Å². The number of ether oxygens (including phenoxy) is 1. The van der Waals surface area contributed by atoms with E-state index in [1.165, 1.54) is 0 Å². The van der Waals surface area contributed by atoms with E-state index in [0.717, 1.165) is 25.1 Å². The normalized spacial score (nSPS) is 30.9. The molecular weight excluding hydrogens is 202 g/mol. The van der Waals surface area contributed by atoms with Crippen LogP contribution in [0.4, 0.5) is 0 Å². The lowest BCUT2D eigenvalue weighted by Crippen LogP contribution is -2.25. The molecule has 1 saturated carbocycles. The van der Waals surface area contributed by atoms with E-state index >= 15 is 0 Å². The third kappa shape index (κ3) is 1.52. The molecule has 0 radical (unpaired) electrons. The third-order valence-corrected chi connectivity index (χ3v) is 3.68. The Labute approximate surface area is 94.8 Å². The van der Waals surface area contributed by atoms with Crippen molar-refractivity contribution in [1.29, 1.82) is 0 Å². The Morgan fingerprint density at radius 2 is 2.25 bits per heavy atom. The Hall–Kier alpha value is -1.35. The van der Waals surface area contributed by atoms with Crippen LogP contribution in [0.15, 0.2) is 30.3 Å². The molecule has 1 saturated heterocycles. The minimum absolute atomic E-state index is 0.0219. The third-order valence-electron chi connectivity index (χ3n) is 3.68. The molecule has 2 atom stereocenters. The largest absolute Gasteiger partial charge is 0.460 e. The number of hydrogen-bond donors (Lipinski definition) is 1. The molecule has 0 amide bonds. The SMILES string of the molecule is O=C(OCc1ccccc1)C12CNCC1C2. The summed E-state index contributed by atoms with van der Waals surface area (Å²) >= 11 is 0. The number of carbonyl (C=O) groups is 1. The minimum atomic E-state index is -0.172. The zero-order valence-corrected chi connectivity index (χ0v) is 9.11. The minimum Gasteiger partial charge on any atom is -0.460 e. The zero-order valence-electron chi connectivity index (χ0n) is 9.11. The second kappa shape index (κ2) is 3.59. The van der Waals surface area contributed by atoms with Gasteiger partial charge < -0.3 is 10.1 Å². The Bertz CT molecular complexity index is 404. The van der Waals surface area contributed by atoms with Gasteiger partial charge in [0.15, 0.2) is 0 Å². The van der Waals surface area contributed by atoms with Crippen LogP contribution < -0.4 is 5.32 Å². The number of hydrogen-bond acceptors (Lipinski definition) is 3. The molecule has 2 unspecified atom stereocenters. The fourth-order valence-corrected chi connectivity index (χ4v) is 2.52. The monoisotopic (exact) mass is 217 g/mol. The van der Waals surface area contributed by atoms with Crippen molar-refractivity contribution in [1.82, 2.24) is 5.32 Å². The molecule has 3 nitrogen and oxygen atoms in total. The predicted octanol–water partition coefficient (Wildman–Crippen LogP) is 1.34. The lowest BCUT2D eigenvalue weighted by molar-refractivity contribution is -0.151. The van der Waals surface area contributed by atoms with Gasteiger partial charge in [-0.25, -0.2) is 0 Å². The smallest absolute Gasteiger partial charge is 0.314 e. The van der Waals surface area contributed by atoms with Crippen molar-refractivity contribution in [2.45, 2.75) is 13.0 Å². The highest BCUT2D eigenvalue weighted by molar-refractivity contribution is 5.81. The standard InChI is InChI=1S/C13H15NO2/c15-12(13-6-11(13)7-14-9-13)16-8-10-4-2-1-3-5-10/h1-5,11,14H,6-9H2. The first-order valence-corrected chi connectivity index (χ1v) is 5.73. The van der Waals surface area contributed by atoms with Gasteiger partial charge in [-0.15, -0.1) is 0 Å². The van der Waals surface area contributed by atoms with Crippen molar-refractivity contribution in [3.63, 3.8) is 0 Å². The van der Waals surface area contributed by atoms with E-state index in [-0.39, 0.29) is 11.4 Å². The molecule has 1 aliphatic carbocycles. The summed E-state index contributed by atoms with van der Waals surface area (Å²) in [6.45, 7) is 2.17. The number of carbonyl (C=O) groups excluding carboxylic acids is 1. The van der Waals surface area contributed by atoms with Crippen LogP contribution in [0.25, 0.3) is 0 Å². The summed E-state index contributed by atoms with van der Waals surface area (Å²) in [5.74, 6) is 0.502. The van der Waals surface area contributed by atoms with E-state index in [9.17, 15) is 4.79 Å². The summed E-state index contributed by atoms with van der Waals surface area (Å²) in [5, 5.41) is 3.24. The number of rotatable bonds is 3. The van der Waals surface area contributed by atoms with Gasteiger partial charge in [0.1, 0.15) is 6.61 Å². The van der Waals surface area contributed by atoms with Crippen LogP contribution >= 0.6 is 0 Å². The van der Waals surface area contributed by atoms with Gasteiger partial charge in [0.05, 0.1) is 5.41 Å². The molecule has 1 aromatic rings. The summed E-state index contributed by atoms with van der Waals surface area (Å²) in [7, 11) is 0. The molecule has 0 spiro atoms. The lowest BCUT2D eigenvalue weighted by atomic mass is 10.1. The average molecular weight is 217 g/mol. The zero-order chi connectivity index (χ0) is 11.0. The van der Waals surface area contributed by atoms with Crippen molar-refractivity contribution < 1.29 is 9.53 Å². The van der Waals surface area contributed by atoms with Crippen LogP contribution in [-0.4, -0.2) is 19.1 Å². The molecule has 16 heavy (non-hydrogen) atoms. The maximum atomic E-state index is 11.9. The van der Waals surface area contributed by atoms with Crippen molar-refractivity contribution in [2.75, 3.05) is 13.1 Å². The number of fused-ring (bicyclic) bond motifs is 1. The molecule has 2 fully saturated rings. The average Bonchev–Trinajstić information content (AvgIpc) is 2.90. The number of piperidine rings is 1. The molecule has 0 bridgehead atoms. The molecule has 1 N–H and O–H groups in total. The fraction of sp³-hybridized carbons (Fsp3) is 0.462. The van der Waals surface area contributed by atoms with Gasteiger partial charge in [-0.3, -0.25) is 4.79 Å². The van der Waals surface area contributed by atoms with Gasteiger partial charge in [-0.2, -0.15) is 0 Å². The predicted molar refractivity (Wildman–Crippen MR) is 59.6 cm³/mol. The van der Waals surface area contributed by atoms with E-state index < -0.39 is 0 Å². The molecular formula is C13H15NO2. The molecule has 3 heteroatoms. The molecule has 3 rings (SSSR count). The molecule has 0 aromatic heterocycles. The van der Waals surface area contributed by atoms with Crippen molar-refractivity contribution in [3.8, 4) is 0 Å². The first-order chi connectivity index (χ1) is 7.81. The van der Waals surface area contributed by atoms with E-state index in [1.807, 2.05) is 30.3 Å². The van der Waals surface area contributed by atoms with Crippen molar-refractivity contribution in [3.05, 3.63) is 35.9 Å². The first-order valence-electron chi connectivity index (χ1n) is 5.73. The van der Waals surface area contributed by atoms with Gasteiger partial charge in [0.2, 0.25) is 0 Å². The van der Waals surface area contributed by atoms with Crippen LogP contribution in [-0.2, 0) is 16.1 Å². The Morgan fingerprint density at radius 1 is 1.44 bits per heavy atom. The first kappa shape index (κ1) is 9.85. The van der Waals surface area contributed by atoms with Crippen LogP contribution in [0.3, 0.4) is 0 Å². The maximum Gasteiger partial charge on any atom is 0.314 e. The maximum absolute atomic E-state index is 11.9. The molecule has 2 aliphatic rings. The summed E-state index contributed by atoms with van der Waals surface area (Å²) in [6, 6.07) is 9.82. The van der Waals surface area contributed by atoms with E-state index in [4.69, 9.17) is 4.74 Å². The van der Waals surface area contributed by atoms with Gasteiger partial charge in [0, 0.05) is 6.54 Å². The number of benzene rings is 1. The molecule has 1 aromatic carbocycles. The Kier molecular flexibility index (Phi) is 2.21. The Balaban J connectivity index is 1.58. The van der Waals surface area contributed by atoms with Gasteiger partial charge in [0.25, 0.3) is 0 Å². The fourth-order valence-electron chi connectivity index (χ4n) is 2.52. The molecule has 1 aliphatic heterocycles. The van der Waals surface area contributed by atoms with Gasteiger partial charge in [-0.05, 0) is 24.4 Å². The Morgan fingerprint density at radius 3 is 2.88 bits per heavy atom. The van der Waals surface area contributed by atoms with Gasteiger partial charge >= 0.3 is 5.97 Å². The van der Waals surface area contributed by atoms with E-state index in [1.54, 1.807) is 0 Å². The van der Waals surface area contributed by atoms with Crippen LogP contribution in [0.1, 0.15) is 12.0 Å². The van der Waals surface area contributed by atoms with Crippen molar-refractivity contribution in [2.24, 2.45) is 11.3 Å². The topological polar surface area (TPSA) is 38.3 Å². The highest BCUT2D eigenvalue weighted by Gasteiger charge is 2.63. The van der Waals surface area contributed by atoms with Crippen LogP contribution in [0.2, 0.25) is 0 Å². The summed E-state index contributed by atoms with van der Waals surface area (Å²) in [4.78, 5) is 11.9. The van der Waals surface area contributed by atoms with Gasteiger partial charge in [-0.1, -0.05) is 30.3 Å². The second-order valence-corrected chi connectivity index (χ2v) is 4.75. The second-order valence-electron chi connectivity index (χ2n) is 4.75. The highest BCUT2D eigenvalue weighted by atomic mass is 16.5. The number of esters is 1. The van der Waals surface area contributed by atoms with Crippen LogP contribution in [0, 0.1) is 11.3 Å². The summed E-state index contributed by atoms with van der Waals surface area (Å²) in [5.41, 5.74) is 0.879. The lowest BCUT2D eigenvalue weighted by Gasteiger charge is -2.11. The summed E-state index contributed by atoms with van der Waals surface area (Å²) < 4.78 is 5.38. The highest BCUT2D eigenvalue weighted by Crippen LogP contribution is 2.55. The number of nitrogens with one attached hydrogen (secondary N) is 1. The van der Waals surface area contributed by atoms with E-state index in [2.05, 4.69) is 5.32 Å². The quantitative estimate of drug-likeness (QED) is 0.776. The summed E-state index contributed by atoms with van der Waals surface area (Å²) in [6.07, 6.45) is 1.01.